The van der Waals surface area contributed by atoms with Crippen LogP contribution in [-0.4, -0.2) is 24.5 Å². The van der Waals surface area contributed by atoms with E-state index in [1.165, 1.54) is 0 Å². The van der Waals surface area contributed by atoms with Gasteiger partial charge >= 0.3 is 0 Å². The lowest BCUT2D eigenvalue weighted by Gasteiger charge is -1.97. The third-order valence-electron chi connectivity index (χ3n) is 1.08. The van der Waals surface area contributed by atoms with Gasteiger partial charge in [-0.25, -0.2) is 0 Å². The van der Waals surface area contributed by atoms with Gasteiger partial charge in [-0.15, -0.1) is 0 Å². The molecule has 0 saturated carbocycles. The number of halogens is 1. The molecule has 58 valence electrons. The van der Waals surface area contributed by atoms with E-state index >= 15 is 0 Å². The van der Waals surface area contributed by atoms with Crippen molar-refractivity contribution in [3.63, 3.8) is 0 Å². The molecule has 0 spiro atoms. The second kappa shape index (κ2) is 5.62. The second-order valence-electron chi connectivity index (χ2n) is 1.79. The normalized spacial score (nSPS) is 14.0. The Hall–Kier alpha value is -0.150. The average molecular weight is 206 g/mol. The van der Waals surface area contributed by atoms with Crippen LogP contribution in [0.25, 0.3) is 0 Å². The van der Waals surface area contributed by atoms with E-state index in [0.29, 0.717) is 5.71 Å². The number of aliphatic hydroxyl groups excluding tert-OH is 1. The number of hydrogen-bond donors (Lipinski definition) is 1. The Kier molecular flexibility index (Phi) is 5.54. The molecule has 0 fully saturated rings. The number of allylic oxidation sites excluding steroid dienone is 1. The van der Waals surface area contributed by atoms with Gasteiger partial charge in [-0.05, 0) is 22.4 Å². The summed E-state index contributed by atoms with van der Waals surface area (Å²) in [5, 5.41) is 8.72. The quantitative estimate of drug-likeness (QED) is 0.701. The van der Waals surface area contributed by atoms with Crippen molar-refractivity contribution in [3.8, 4) is 0 Å². The summed E-state index contributed by atoms with van der Waals surface area (Å²) < 4.78 is 0.889. The van der Waals surface area contributed by atoms with Gasteiger partial charge in [-0.1, -0.05) is 13.0 Å². The van der Waals surface area contributed by atoms with E-state index < -0.39 is 0 Å². The minimum atomic E-state index is -0.00637. The van der Waals surface area contributed by atoms with Gasteiger partial charge in [-0.3, -0.25) is 4.99 Å². The van der Waals surface area contributed by atoms with Crippen LogP contribution in [-0.2, 0) is 0 Å². The van der Waals surface area contributed by atoms with E-state index in [1.54, 1.807) is 7.05 Å². The predicted octanol–water partition coefficient (Wildman–Crippen LogP) is 1.74. The Morgan fingerprint density at radius 2 is 2.30 bits per heavy atom. The predicted molar refractivity (Wildman–Crippen MR) is 47.7 cm³/mol. The Morgan fingerprint density at radius 1 is 1.70 bits per heavy atom. The molecule has 0 bridgehead atoms. The minimum Gasteiger partial charge on any atom is -0.390 e. The largest absolute Gasteiger partial charge is 0.390 e. The summed E-state index contributed by atoms with van der Waals surface area (Å²) in [6.07, 6.45) is 2.91. The lowest BCUT2D eigenvalue weighted by Crippen LogP contribution is -2.03. The van der Waals surface area contributed by atoms with Crippen LogP contribution in [0.3, 0.4) is 0 Å². The van der Waals surface area contributed by atoms with Gasteiger partial charge in [0.15, 0.2) is 0 Å². The highest BCUT2D eigenvalue weighted by atomic mass is 79.9. The fourth-order valence-electron chi connectivity index (χ4n) is 0.550. The van der Waals surface area contributed by atoms with Gasteiger partial charge in [0.05, 0.1) is 12.3 Å². The maximum absolute atomic E-state index is 8.72. The molecule has 3 heteroatoms. The number of nitrogens with zero attached hydrogens (tertiary/aromatic N) is 1. The third kappa shape index (κ3) is 3.13. The van der Waals surface area contributed by atoms with Gasteiger partial charge < -0.3 is 5.11 Å². The molecule has 0 heterocycles. The van der Waals surface area contributed by atoms with E-state index in [1.807, 2.05) is 13.0 Å². The zero-order chi connectivity index (χ0) is 7.98. The van der Waals surface area contributed by atoms with E-state index in [-0.39, 0.29) is 6.61 Å². The first kappa shape index (κ1) is 9.85. The third-order valence-corrected chi connectivity index (χ3v) is 1.86. The highest BCUT2D eigenvalue weighted by Gasteiger charge is 1.98. The van der Waals surface area contributed by atoms with Gasteiger partial charge in [-0.2, -0.15) is 0 Å². The lowest BCUT2D eigenvalue weighted by atomic mass is 10.3. The van der Waals surface area contributed by atoms with E-state index in [4.69, 9.17) is 5.11 Å². The topological polar surface area (TPSA) is 32.6 Å². The number of hydrogen-bond acceptors (Lipinski definition) is 2. The molecule has 0 unspecified atom stereocenters. The maximum atomic E-state index is 8.72. The zero-order valence-electron chi connectivity index (χ0n) is 6.26. The van der Waals surface area contributed by atoms with Crippen LogP contribution in [0.4, 0.5) is 0 Å². The summed E-state index contributed by atoms with van der Waals surface area (Å²) in [6, 6.07) is 0. The van der Waals surface area contributed by atoms with Crippen LogP contribution >= 0.6 is 15.9 Å². The van der Waals surface area contributed by atoms with Crippen molar-refractivity contribution in [2.24, 2.45) is 4.99 Å². The standard InChI is InChI=1S/C7H12BrNO/c1-3-4-6(8)7(5-10)9-2/h4,10H,3,5H2,1-2H3/b6-4+,9-7?. The number of aliphatic hydroxyl groups is 1. The van der Waals surface area contributed by atoms with Crippen molar-refractivity contribution in [1.82, 2.24) is 0 Å². The van der Waals surface area contributed by atoms with Gasteiger partial charge in [0, 0.05) is 11.5 Å². The Balaban J connectivity index is 4.16. The highest BCUT2D eigenvalue weighted by molar-refractivity contribution is 9.12. The molecule has 0 aromatic heterocycles. The van der Waals surface area contributed by atoms with E-state index in [0.717, 1.165) is 10.9 Å². The van der Waals surface area contributed by atoms with Crippen molar-refractivity contribution in [2.45, 2.75) is 13.3 Å². The summed E-state index contributed by atoms with van der Waals surface area (Å²) in [4.78, 5) is 3.88. The molecule has 0 aromatic rings. The molecule has 0 saturated heterocycles. The number of rotatable bonds is 3. The molecular formula is C7H12BrNO. The Bertz CT molecular complexity index is 152. The smallest absolute Gasteiger partial charge is 0.0859 e. The first-order valence-corrected chi connectivity index (χ1v) is 3.98. The van der Waals surface area contributed by atoms with Gasteiger partial charge in [0.2, 0.25) is 0 Å². The van der Waals surface area contributed by atoms with Crippen LogP contribution in [0.2, 0.25) is 0 Å². The molecule has 0 aliphatic rings. The summed E-state index contributed by atoms with van der Waals surface area (Å²) in [5.74, 6) is 0. The summed E-state index contributed by atoms with van der Waals surface area (Å²) >= 11 is 3.30. The fraction of sp³-hybridized carbons (Fsp3) is 0.571. The van der Waals surface area contributed by atoms with Crippen LogP contribution in [0, 0.1) is 0 Å². The molecule has 2 nitrogen and oxygen atoms in total. The van der Waals surface area contributed by atoms with Gasteiger partial charge in [0.25, 0.3) is 0 Å². The van der Waals surface area contributed by atoms with E-state index in [9.17, 15) is 0 Å². The molecular weight excluding hydrogens is 194 g/mol. The van der Waals surface area contributed by atoms with E-state index in [2.05, 4.69) is 20.9 Å². The molecule has 1 N–H and O–H groups in total. The van der Waals surface area contributed by atoms with Crippen LogP contribution in [0.15, 0.2) is 15.6 Å². The molecule has 0 atom stereocenters. The Morgan fingerprint density at radius 3 is 2.60 bits per heavy atom. The molecule has 10 heavy (non-hydrogen) atoms. The molecule has 0 aromatic carbocycles. The van der Waals surface area contributed by atoms with Crippen molar-refractivity contribution in [1.29, 1.82) is 0 Å². The van der Waals surface area contributed by atoms with Crippen LogP contribution < -0.4 is 0 Å². The van der Waals surface area contributed by atoms with Gasteiger partial charge in [0.1, 0.15) is 0 Å². The minimum absolute atomic E-state index is 0.00637. The molecule has 0 radical (unpaired) electrons. The Labute approximate surface area is 69.8 Å². The first-order valence-electron chi connectivity index (χ1n) is 3.18. The van der Waals surface area contributed by atoms with Crippen LogP contribution in [0.1, 0.15) is 13.3 Å². The summed E-state index contributed by atoms with van der Waals surface area (Å²) in [7, 11) is 1.66. The molecule has 0 aliphatic heterocycles. The lowest BCUT2D eigenvalue weighted by molar-refractivity contribution is 0.358. The second-order valence-corrected chi connectivity index (χ2v) is 2.64. The van der Waals surface area contributed by atoms with Crippen molar-refractivity contribution >= 4 is 21.6 Å². The monoisotopic (exact) mass is 205 g/mol. The molecule has 0 rings (SSSR count). The first-order chi connectivity index (χ1) is 4.76. The van der Waals surface area contributed by atoms with Crippen molar-refractivity contribution < 1.29 is 5.11 Å². The molecule has 0 aliphatic carbocycles. The summed E-state index contributed by atoms with van der Waals surface area (Å²) in [5.41, 5.74) is 0.696. The average Bonchev–Trinajstić information content (AvgIpc) is 1.91. The highest BCUT2D eigenvalue weighted by Crippen LogP contribution is 2.07. The number of aliphatic imine (C=N–C) groups is 1. The van der Waals surface area contributed by atoms with Crippen LogP contribution in [0.5, 0.6) is 0 Å². The van der Waals surface area contributed by atoms with Crippen molar-refractivity contribution in [3.05, 3.63) is 10.6 Å². The summed E-state index contributed by atoms with van der Waals surface area (Å²) in [6.45, 7) is 2.03. The SMILES string of the molecule is CC/C=C(/Br)C(CO)=NC. The van der Waals surface area contributed by atoms with Crippen molar-refractivity contribution in [2.75, 3.05) is 13.7 Å². The molecule has 0 amide bonds. The fourth-order valence-corrected chi connectivity index (χ4v) is 1.18. The maximum Gasteiger partial charge on any atom is 0.0859 e. The zero-order valence-corrected chi connectivity index (χ0v) is 7.85.